The smallest absolute Gasteiger partial charge is 0.0325 e. The van der Waals surface area contributed by atoms with Crippen LogP contribution in [0, 0.1) is 0 Å². The van der Waals surface area contributed by atoms with Crippen LogP contribution in [0.2, 0.25) is 0 Å². The van der Waals surface area contributed by atoms with Crippen molar-refractivity contribution < 1.29 is 0 Å². The van der Waals surface area contributed by atoms with Gasteiger partial charge < -0.3 is 0 Å². The Labute approximate surface area is 127 Å². The van der Waals surface area contributed by atoms with Gasteiger partial charge in [0.25, 0.3) is 0 Å². The number of benzene rings is 2. The highest BCUT2D eigenvalue weighted by molar-refractivity contribution is 9.11. The number of halogens is 2. The normalized spacial score (nSPS) is 10.5. The minimum absolute atomic E-state index is 1.13. The van der Waals surface area contributed by atoms with Gasteiger partial charge in [0.1, 0.15) is 0 Å². The molecule has 0 atom stereocenters. The standard InChI is InChI=1S/C13H10Br2S2/c1-16-9-6-7-13(11(15)8-9)17-12-5-3-2-4-10(12)14/h2-8H,1H3. The first-order chi connectivity index (χ1) is 8.20. The Morgan fingerprint density at radius 2 is 1.59 bits per heavy atom. The molecule has 0 aromatic heterocycles. The summed E-state index contributed by atoms with van der Waals surface area (Å²) < 4.78 is 2.27. The van der Waals surface area contributed by atoms with Gasteiger partial charge in [-0.05, 0) is 68.4 Å². The van der Waals surface area contributed by atoms with E-state index < -0.39 is 0 Å². The summed E-state index contributed by atoms with van der Waals surface area (Å²) in [7, 11) is 0. The number of hydrogen-bond donors (Lipinski definition) is 0. The number of rotatable bonds is 3. The molecule has 0 aliphatic heterocycles. The van der Waals surface area contributed by atoms with Gasteiger partial charge in [0.2, 0.25) is 0 Å². The van der Waals surface area contributed by atoms with E-state index >= 15 is 0 Å². The monoisotopic (exact) mass is 388 g/mol. The van der Waals surface area contributed by atoms with E-state index in [-0.39, 0.29) is 0 Å². The molecule has 0 saturated heterocycles. The molecule has 0 aliphatic rings. The van der Waals surface area contributed by atoms with Crippen LogP contribution in [0.1, 0.15) is 0 Å². The predicted octanol–water partition coefficient (Wildman–Crippen LogP) is 6.08. The number of hydrogen-bond acceptors (Lipinski definition) is 2. The molecule has 2 rings (SSSR count). The first-order valence-corrected chi connectivity index (χ1v) is 8.59. The number of thioether (sulfide) groups is 1. The summed E-state index contributed by atoms with van der Waals surface area (Å²) >= 11 is 10.7. The quantitative estimate of drug-likeness (QED) is 0.583. The van der Waals surface area contributed by atoms with Gasteiger partial charge in [0.05, 0.1) is 0 Å². The Balaban J connectivity index is 2.28. The molecule has 0 radical (unpaired) electrons. The highest BCUT2D eigenvalue weighted by atomic mass is 79.9. The lowest BCUT2D eigenvalue weighted by Gasteiger charge is -2.07. The van der Waals surface area contributed by atoms with Gasteiger partial charge >= 0.3 is 0 Å². The van der Waals surface area contributed by atoms with Gasteiger partial charge in [-0.25, -0.2) is 0 Å². The van der Waals surface area contributed by atoms with Crippen molar-refractivity contribution in [2.45, 2.75) is 14.7 Å². The fourth-order valence-electron chi connectivity index (χ4n) is 1.34. The minimum Gasteiger partial charge on any atom is -0.130 e. The molecule has 0 heterocycles. The van der Waals surface area contributed by atoms with Crippen LogP contribution < -0.4 is 0 Å². The molecule has 0 amide bonds. The third kappa shape index (κ3) is 3.53. The molecule has 2 aromatic carbocycles. The Kier molecular flexibility index (Phi) is 5.03. The van der Waals surface area contributed by atoms with Crippen molar-refractivity contribution in [2.75, 3.05) is 6.26 Å². The SMILES string of the molecule is CSc1ccc(Sc2ccccc2Br)c(Br)c1. The van der Waals surface area contributed by atoms with Crippen LogP contribution in [-0.4, -0.2) is 6.26 Å². The maximum atomic E-state index is 3.62. The van der Waals surface area contributed by atoms with Crippen molar-refractivity contribution in [2.24, 2.45) is 0 Å². The van der Waals surface area contributed by atoms with Crippen molar-refractivity contribution in [3.05, 3.63) is 51.4 Å². The summed E-state index contributed by atoms with van der Waals surface area (Å²) in [5, 5.41) is 0. The molecule has 4 heteroatoms. The highest BCUT2D eigenvalue weighted by Gasteiger charge is 2.05. The summed E-state index contributed by atoms with van der Waals surface area (Å²) in [6, 6.07) is 14.7. The second-order valence-electron chi connectivity index (χ2n) is 3.33. The molecule has 0 saturated carbocycles. The second kappa shape index (κ2) is 6.32. The fraction of sp³-hybridized carbons (Fsp3) is 0.0769. The highest BCUT2D eigenvalue weighted by Crippen LogP contribution is 2.38. The fourth-order valence-corrected chi connectivity index (χ4v) is 3.92. The molecule has 2 aromatic rings. The zero-order chi connectivity index (χ0) is 12.3. The van der Waals surface area contributed by atoms with E-state index in [1.165, 1.54) is 14.7 Å². The van der Waals surface area contributed by atoms with Gasteiger partial charge in [-0.3, -0.25) is 0 Å². The van der Waals surface area contributed by atoms with Crippen LogP contribution in [0.5, 0.6) is 0 Å². The first kappa shape index (κ1) is 13.5. The molecule has 0 nitrogen and oxygen atoms in total. The zero-order valence-corrected chi connectivity index (χ0v) is 13.9. The van der Waals surface area contributed by atoms with Crippen LogP contribution in [0.25, 0.3) is 0 Å². The maximum Gasteiger partial charge on any atom is 0.0325 e. The Morgan fingerprint density at radius 3 is 2.24 bits per heavy atom. The molecule has 0 aliphatic carbocycles. The molecular weight excluding hydrogens is 380 g/mol. The minimum atomic E-state index is 1.13. The Morgan fingerprint density at radius 1 is 0.882 bits per heavy atom. The summed E-state index contributed by atoms with van der Waals surface area (Å²) in [6.45, 7) is 0. The van der Waals surface area contributed by atoms with Crippen molar-refractivity contribution in [3.8, 4) is 0 Å². The van der Waals surface area contributed by atoms with Crippen LogP contribution in [0.4, 0.5) is 0 Å². The van der Waals surface area contributed by atoms with Crippen LogP contribution in [0.3, 0.4) is 0 Å². The summed E-state index contributed by atoms with van der Waals surface area (Å²) in [6.07, 6.45) is 2.09. The van der Waals surface area contributed by atoms with Crippen LogP contribution >= 0.6 is 55.4 Å². The molecule has 0 spiro atoms. The Bertz CT molecular complexity index is 527. The van der Waals surface area contributed by atoms with E-state index in [9.17, 15) is 0 Å². The van der Waals surface area contributed by atoms with Crippen molar-refractivity contribution >= 4 is 55.4 Å². The van der Waals surface area contributed by atoms with Crippen molar-refractivity contribution in [1.82, 2.24) is 0 Å². The van der Waals surface area contributed by atoms with Crippen molar-refractivity contribution in [1.29, 1.82) is 0 Å². The molecule has 88 valence electrons. The average Bonchev–Trinajstić information content (AvgIpc) is 2.34. The van der Waals surface area contributed by atoms with Crippen LogP contribution in [-0.2, 0) is 0 Å². The molecule has 17 heavy (non-hydrogen) atoms. The second-order valence-corrected chi connectivity index (χ2v) is 7.00. The third-order valence-corrected chi connectivity index (χ3v) is 5.95. The van der Waals surface area contributed by atoms with Crippen LogP contribution in [0.15, 0.2) is 66.1 Å². The lowest BCUT2D eigenvalue weighted by atomic mass is 10.4. The van der Waals surface area contributed by atoms with E-state index in [0.29, 0.717) is 0 Å². The third-order valence-electron chi connectivity index (χ3n) is 2.20. The van der Waals surface area contributed by atoms with Gasteiger partial charge in [0.15, 0.2) is 0 Å². The molecule has 0 N–H and O–H groups in total. The lowest BCUT2D eigenvalue weighted by Crippen LogP contribution is -1.79. The molecule has 0 fully saturated rings. The summed E-state index contributed by atoms with van der Waals surface area (Å²) in [4.78, 5) is 3.73. The summed E-state index contributed by atoms with van der Waals surface area (Å²) in [5.41, 5.74) is 0. The Hall–Kier alpha value is 0.1000. The summed E-state index contributed by atoms with van der Waals surface area (Å²) in [5.74, 6) is 0. The topological polar surface area (TPSA) is 0 Å². The van der Waals surface area contributed by atoms with E-state index in [4.69, 9.17) is 0 Å². The van der Waals surface area contributed by atoms with Crippen molar-refractivity contribution in [3.63, 3.8) is 0 Å². The first-order valence-electron chi connectivity index (χ1n) is 4.96. The van der Waals surface area contributed by atoms with E-state index in [1.807, 2.05) is 6.07 Å². The van der Waals surface area contributed by atoms with Gasteiger partial charge in [0, 0.05) is 23.6 Å². The van der Waals surface area contributed by atoms with E-state index in [0.717, 1.165) is 8.95 Å². The molecule has 0 bridgehead atoms. The zero-order valence-electron chi connectivity index (χ0n) is 9.11. The average molecular weight is 390 g/mol. The van der Waals surface area contributed by atoms with Gasteiger partial charge in [-0.15, -0.1) is 11.8 Å². The maximum absolute atomic E-state index is 3.62. The van der Waals surface area contributed by atoms with Gasteiger partial charge in [-0.2, -0.15) is 0 Å². The largest absolute Gasteiger partial charge is 0.130 e. The molecular formula is C13H10Br2S2. The molecule has 0 unspecified atom stereocenters. The van der Waals surface area contributed by atoms with Gasteiger partial charge in [-0.1, -0.05) is 23.9 Å². The lowest BCUT2D eigenvalue weighted by molar-refractivity contribution is 1.30. The van der Waals surface area contributed by atoms with E-state index in [2.05, 4.69) is 74.5 Å². The van der Waals surface area contributed by atoms with E-state index in [1.54, 1.807) is 23.5 Å². The predicted molar refractivity (Wildman–Crippen MR) is 84.2 cm³/mol.